The van der Waals surface area contributed by atoms with Crippen LogP contribution in [0.2, 0.25) is 11.1 Å². The Morgan fingerprint density at radius 3 is 1.86 bits per heavy atom. The van der Waals surface area contributed by atoms with Crippen molar-refractivity contribution in [3.05, 3.63) is 46.7 Å². The maximum Gasteiger partial charge on any atom is 0.254 e. The Labute approximate surface area is 185 Å². The standard InChI is InChI=1S/C23H34BrN3OSi/c1-15(2)27(16(3)4)22(28)19-10-11-21(20(24)14-19)29(17(5)6,18(7)8)23-25-12-9-13-26-23/h9-18H,1-8H3. The van der Waals surface area contributed by atoms with Crippen molar-refractivity contribution in [3.63, 3.8) is 0 Å². The summed E-state index contributed by atoms with van der Waals surface area (Å²) < 4.78 is 0.984. The van der Waals surface area contributed by atoms with Crippen LogP contribution in [-0.4, -0.2) is 40.9 Å². The smallest absolute Gasteiger partial charge is 0.254 e. The van der Waals surface area contributed by atoms with Crippen LogP contribution in [0.1, 0.15) is 65.7 Å². The van der Waals surface area contributed by atoms with Gasteiger partial charge in [0.15, 0.2) is 8.07 Å². The van der Waals surface area contributed by atoms with E-state index in [1.807, 2.05) is 35.5 Å². The first kappa shape index (κ1) is 23.7. The van der Waals surface area contributed by atoms with E-state index in [0.717, 1.165) is 9.92 Å². The molecule has 0 radical (unpaired) electrons. The van der Waals surface area contributed by atoms with Gasteiger partial charge in [-0.3, -0.25) is 4.79 Å². The molecule has 158 valence electrons. The Kier molecular flexibility index (Phi) is 7.79. The lowest BCUT2D eigenvalue weighted by atomic mass is 10.1. The molecule has 0 bridgehead atoms. The van der Waals surface area contributed by atoms with Crippen molar-refractivity contribution in [2.45, 2.75) is 78.6 Å². The van der Waals surface area contributed by atoms with Crippen LogP contribution in [0.15, 0.2) is 41.1 Å². The average Bonchev–Trinajstić information content (AvgIpc) is 2.63. The Hall–Kier alpha value is -1.53. The third-order valence-electron chi connectivity index (χ3n) is 5.77. The van der Waals surface area contributed by atoms with Crippen LogP contribution in [0, 0.1) is 0 Å². The average molecular weight is 477 g/mol. The number of carbonyl (C=O) groups excluding carboxylic acids is 1. The van der Waals surface area contributed by atoms with Crippen molar-refractivity contribution >= 4 is 40.5 Å². The second-order valence-corrected chi connectivity index (χ2v) is 14.7. The first-order valence-corrected chi connectivity index (χ1v) is 13.4. The second-order valence-electron chi connectivity index (χ2n) is 8.85. The maximum absolute atomic E-state index is 13.2. The van der Waals surface area contributed by atoms with Gasteiger partial charge in [0, 0.05) is 34.5 Å². The van der Waals surface area contributed by atoms with E-state index in [-0.39, 0.29) is 18.0 Å². The van der Waals surface area contributed by atoms with Gasteiger partial charge >= 0.3 is 0 Å². The van der Waals surface area contributed by atoms with Gasteiger partial charge in [0.25, 0.3) is 5.91 Å². The summed E-state index contributed by atoms with van der Waals surface area (Å²) in [5.74, 6) is 0.0690. The van der Waals surface area contributed by atoms with Crippen molar-refractivity contribution in [3.8, 4) is 0 Å². The fourth-order valence-corrected chi connectivity index (χ4v) is 11.3. The van der Waals surface area contributed by atoms with E-state index in [1.54, 1.807) is 0 Å². The molecule has 0 spiro atoms. The first-order chi connectivity index (χ1) is 13.5. The lowest BCUT2D eigenvalue weighted by Gasteiger charge is -2.39. The normalized spacial score (nSPS) is 12.3. The van der Waals surface area contributed by atoms with Crippen LogP contribution in [0.5, 0.6) is 0 Å². The predicted octanol–water partition coefficient (Wildman–Crippen LogP) is 4.88. The summed E-state index contributed by atoms with van der Waals surface area (Å²) >= 11 is 3.82. The summed E-state index contributed by atoms with van der Waals surface area (Å²) in [6.07, 6.45) is 3.67. The Morgan fingerprint density at radius 2 is 1.45 bits per heavy atom. The molecule has 0 N–H and O–H groups in total. The molecule has 1 aromatic carbocycles. The molecule has 6 heteroatoms. The molecule has 1 amide bonds. The molecular formula is C23H34BrN3OSi. The molecular weight excluding hydrogens is 442 g/mol. The molecule has 1 aromatic heterocycles. The van der Waals surface area contributed by atoms with Crippen molar-refractivity contribution in [1.82, 2.24) is 14.9 Å². The van der Waals surface area contributed by atoms with Gasteiger partial charge in [-0.25, -0.2) is 9.97 Å². The number of hydrogen-bond acceptors (Lipinski definition) is 3. The fourth-order valence-electron chi connectivity index (χ4n) is 4.64. The van der Waals surface area contributed by atoms with Gasteiger partial charge in [-0.15, -0.1) is 0 Å². The zero-order valence-electron chi connectivity index (χ0n) is 18.9. The highest BCUT2D eigenvalue weighted by Gasteiger charge is 2.47. The maximum atomic E-state index is 13.2. The minimum Gasteiger partial charge on any atom is -0.334 e. The van der Waals surface area contributed by atoms with Gasteiger partial charge in [0.2, 0.25) is 0 Å². The van der Waals surface area contributed by atoms with E-state index in [1.165, 1.54) is 5.19 Å². The van der Waals surface area contributed by atoms with Crippen LogP contribution < -0.4 is 10.6 Å². The first-order valence-electron chi connectivity index (χ1n) is 10.4. The molecule has 0 fully saturated rings. The van der Waals surface area contributed by atoms with E-state index in [2.05, 4.69) is 77.4 Å². The Morgan fingerprint density at radius 1 is 0.931 bits per heavy atom. The number of benzene rings is 1. The van der Waals surface area contributed by atoms with E-state index in [4.69, 9.17) is 9.97 Å². The number of hydrogen-bond donors (Lipinski definition) is 0. The fraction of sp³-hybridized carbons (Fsp3) is 0.522. The zero-order valence-corrected chi connectivity index (χ0v) is 21.5. The summed E-state index contributed by atoms with van der Waals surface area (Å²) in [6.45, 7) is 17.3. The van der Waals surface area contributed by atoms with Crippen molar-refractivity contribution in [2.24, 2.45) is 0 Å². The molecule has 0 saturated heterocycles. The minimum atomic E-state index is -2.27. The highest BCUT2D eigenvalue weighted by Crippen LogP contribution is 2.33. The van der Waals surface area contributed by atoms with Gasteiger partial charge in [-0.05, 0) is 62.2 Å². The zero-order chi connectivity index (χ0) is 21.9. The molecule has 2 aromatic rings. The Balaban J connectivity index is 2.63. The summed E-state index contributed by atoms with van der Waals surface area (Å²) in [5.41, 5.74) is 2.49. The van der Waals surface area contributed by atoms with Gasteiger partial charge in [-0.1, -0.05) is 49.7 Å². The second kappa shape index (κ2) is 9.52. The lowest BCUT2D eigenvalue weighted by molar-refractivity contribution is 0.0643. The number of rotatable bonds is 7. The van der Waals surface area contributed by atoms with Gasteiger partial charge in [0.1, 0.15) is 5.45 Å². The number of aromatic nitrogens is 2. The van der Waals surface area contributed by atoms with Crippen LogP contribution >= 0.6 is 15.9 Å². The predicted molar refractivity (Wildman–Crippen MR) is 128 cm³/mol. The molecule has 2 rings (SSSR count). The highest BCUT2D eigenvalue weighted by molar-refractivity contribution is 9.10. The van der Waals surface area contributed by atoms with E-state index >= 15 is 0 Å². The van der Waals surface area contributed by atoms with Crippen LogP contribution in [0.3, 0.4) is 0 Å². The van der Waals surface area contributed by atoms with Gasteiger partial charge in [0.05, 0.1) is 0 Å². The summed E-state index contributed by atoms with van der Waals surface area (Å²) in [6, 6.07) is 8.28. The molecule has 1 heterocycles. The molecule has 0 aliphatic carbocycles. The molecule has 29 heavy (non-hydrogen) atoms. The quantitative estimate of drug-likeness (QED) is 0.535. The van der Waals surface area contributed by atoms with Gasteiger partial charge in [-0.2, -0.15) is 0 Å². The van der Waals surface area contributed by atoms with Crippen molar-refractivity contribution in [2.75, 3.05) is 0 Å². The van der Waals surface area contributed by atoms with Crippen molar-refractivity contribution in [1.29, 1.82) is 0 Å². The van der Waals surface area contributed by atoms with E-state index < -0.39 is 8.07 Å². The molecule has 0 saturated carbocycles. The highest BCUT2D eigenvalue weighted by atomic mass is 79.9. The molecule has 0 atom stereocenters. The lowest BCUT2D eigenvalue weighted by Crippen LogP contribution is -2.65. The summed E-state index contributed by atoms with van der Waals surface area (Å²) in [4.78, 5) is 24.5. The Bertz CT molecular complexity index is 821. The molecule has 0 aliphatic heterocycles. The van der Waals surface area contributed by atoms with Crippen LogP contribution in [0.4, 0.5) is 0 Å². The number of carbonyl (C=O) groups is 1. The summed E-state index contributed by atoms with van der Waals surface area (Å²) in [7, 11) is -2.27. The van der Waals surface area contributed by atoms with Crippen molar-refractivity contribution < 1.29 is 4.79 Å². The van der Waals surface area contributed by atoms with E-state index in [0.29, 0.717) is 16.6 Å². The monoisotopic (exact) mass is 475 g/mol. The number of amides is 1. The SMILES string of the molecule is CC(C)N(C(=O)c1ccc([Si](c2ncccn2)(C(C)C)C(C)C)c(Br)c1)C(C)C. The topological polar surface area (TPSA) is 46.1 Å². The molecule has 4 nitrogen and oxygen atoms in total. The molecule has 0 unspecified atom stereocenters. The minimum absolute atomic E-state index is 0.0690. The van der Waals surface area contributed by atoms with Crippen LogP contribution in [-0.2, 0) is 0 Å². The number of nitrogens with zero attached hydrogens (tertiary/aromatic N) is 3. The third kappa shape index (κ3) is 4.48. The number of halogens is 1. The van der Waals surface area contributed by atoms with E-state index in [9.17, 15) is 4.79 Å². The molecule has 0 aliphatic rings. The third-order valence-corrected chi connectivity index (χ3v) is 12.8. The van der Waals surface area contributed by atoms with Crippen LogP contribution in [0.25, 0.3) is 0 Å². The largest absolute Gasteiger partial charge is 0.334 e. The van der Waals surface area contributed by atoms with Gasteiger partial charge < -0.3 is 4.90 Å². The summed E-state index contributed by atoms with van der Waals surface area (Å²) in [5, 5.41) is 1.26.